The molecule has 6 nitrogen and oxygen atoms in total. The Morgan fingerprint density at radius 2 is 1.21 bits per heavy atom. The van der Waals surface area contributed by atoms with Gasteiger partial charge in [0, 0.05) is 81.1 Å². The SMILES string of the molecule is CC(=O)c1ccccn1.II.O=C(C[n+]1ccccc1)c1ccccn1.[I-].c1ccncc1. The van der Waals surface area contributed by atoms with Gasteiger partial charge in [0.15, 0.2) is 18.2 Å². The average Bonchev–Trinajstić information content (AvgIpc) is 2.89. The average molecular weight is 780 g/mol. The summed E-state index contributed by atoms with van der Waals surface area (Å²) in [5.41, 5.74) is 1.03. The summed E-state index contributed by atoms with van der Waals surface area (Å²) in [4.78, 5) is 33.9. The van der Waals surface area contributed by atoms with Crippen LogP contribution >= 0.6 is 37.2 Å². The lowest BCUT2D eigenvalue weighted by Gasteiger charge is -1.95. The Morgan fingerprint density at radius 3 is 1.58 bits per heavy atom. The predicted octanol–water partition coefficient (Wildman–Crippen LogP) is 2.39. The highest BCUT2D eigenvalue weighted by Crippen LogP contribution is 1.95. The van der Waals surface area contributed by atoms with Crippen LogP contribution in [0.4, 0.5) is 0 Å². The van der Waals surface area contributed by atoms with Crippen LogP contribution in [0.2, 0.25) is 0 Å². The van der Waals surface area contributed by atoms with Gasteiger partial charge in [0.1, 0.15) is 11.4 Å². The second-order valence-corrected chi connectivity index (χ2v) is 5.98. The van der Waals surface area contributed by atoms with Crippen molar-refractivity contribution in [2.45, 2.75) is 13.5 Å². The zero-order chi connectivity index (χ0) is 23.4. The number of rotatable bonds is 4. The maximum absolute atomic E-state index is 11.7. The first kappa shape index (κ1) is 31.1. The molecule has 0 bridgehead atoms. The van der Waals surface area contributed by atoms with Crippen molar-refractivity contribution in [2.24, 2.45) is 0 Å². The fourth-order valence-corrected chi connectivity index (χ4v) is 2.20. The van der Waals surface area contributed by atoms with E-state index in [-0.39, 0.29) is 35.5 Å². The van der Waals surface area contributed by atoms with Crippen LogP contribution in [-0.2, 0) is 6.54 Å². The van der Waals surface area contributed by atoms with Gasteiger partial charge in [0.2, 0.25) is 12.3 Å². The quantitative estimate of drug-likeness (QED) is 0.181. The first-order valence-electron chi connectivity index (χ1n) is 9.46. The zero-order valence-corrected chi connectivity index (χ0v) is 24.3. The molecule has 4 heterocycles. The number of aromatic nitrogens is 4. The smallest absolute Gasteiger partial charge is 0.245 e. The number of pyridine rings is 4. The van der Waals surface area contributed by atoms with Gasteiger partial charge in [-0.05, 0) is 36.4 Å². The largest absolute Gasteiger partial charge is 1.00 e. The molecule has 0 aliphatic rings. The van der Waals surface area contributed by atoms with Crippen LogP contribution in [0.3, 0.4) is 0 Å². The number of ketones is 2. The van der Waals surface area contributed by atoms with Crippen LogP contribution < -0.4 is 28.5 Å². The Kier molecular flexibility index (Phi) is 19.5. The molecule has 33 heavy (non-hydrogen) atoms. The highest BCUT2D eigenvalue weighted by molar-refractivity contribution is 15.0. The first-order chi connectivity index (χ1) is 15.7. The molecule has 0 saturated heterocycles. The lowest BCUT2D eigenvalue weighted by molar-refractivity contribution is -0.683. The Labute approximate surface area is 234 Å². The molecule has 0 fully saturated rings. The summed E-state index contributed by atoms with van der Waals surface area (Å²) in [7, 11) is 0. The van der Waals surface area contributed by atoms with Crippen LogP contribution in [-0.4, -0.2) is 26.5 Å². The summed E-state index contributed by atoms with van der Waals surface area (Å²) in [6.45, 7) is 1.83. The van der Waals surface area contributed by atoms with Gasteiger partial charge in [-0.3, -0.25) is 24.5 Å². The van der Waals surface area contributed by atoms with Crippen LogP contribution in [0.25, 0.3) is 0 Å². The molecule has 9 heteroatoms. The summed E-state index contributed by atoms with van der Waals surface area (Å²) in [5, 5.41) is 0. The molecule has 4 aromatic heterocycles. The molecule has 4 rings (SSSR count). The summed E-state index contributed by atoms with van der Waals surface area (Å²) in [6, 6.07) is 22.0. The van der Waals surface area contributed by atoms with Gasteiger partial charge in [-0.1, -0.05) is 24.3 Å². The van der Waals surface area contributed by atoms with E-state index in [2.05, 4.69) is 52.2 Å². The van der Waals surface area contributed by atoms with E-state index in [1.54, 1.807) is 55.1 Å². The van der Waals surface area contributed by atoms with Crippen molar-refractivity contribution in [2.75, 3.05) is 0 Å². The normalized spacial score (nSPS) is 8.58. The Bertz CT molecular complexity index is 984. The molecule has 0 atom stereocenters. The highest BCUT2D eigenvalue weighted by atomic mass is 128. The van der Waals surface area contributed by atoms with Crippen molar-refractivity contribution in [1.29, 1.82) is 0 Å². The molecule has 4 aromatic rings. The maximum Gasteiger partial charge on any atom is 0.245 e. The molecule has 172 valence electrons. The maximum atomic E-state index is 11.7. The van der Waals surface area contributed by atoms with Crippen molar-refractivity contribution in [3.63, 3.8) is 0 Å². The molecule has 0 spiro atoms. The van der Waals surface area contributed by atoms with E-state index >= 15 is 0 Å². The second-order valence-electron chi connectivity index (χ2n) is 5.98. The molecule has 0 aromatic carbocycles. The number of nitrogens with zero attached hydrogens (tertiary/aromatic N) is 4. The standard InChI is InChI=1S/C12H11N2O.C7H7NO.C5H5N.I2.HI/c15-12(11-6-2-3-7-13-11)10-14-8-4-1-5-9-14;1-6(9)7-4-2-3-5-8-7;1-2-4-6-5-3-1;1-2;/h1-9H,10H2;2-5H,1H3;1-5H;;1H/q+1;;;;/p-1. The van der Waals surface area contributed by atoms with E-state index < -0.39 is 0 Å². The molecule has 0 saturated carbocycles. The van der Waals surface area contributed by atoms with Crippen LogP contribution in [0, 0.1) is 0 Å². The fourth-order valence-electron chi connectivity index (χ4n) is 2.20. The van der Waals surface area contributed by atoms with Gasteiger partial charge < -0.3 is 24.0 Å². The monoisotopic (exact) mass is 780 g/mol. The van der Waals surface area contributed by atoms with E-state index in [0.717, 1.165) is 0 Å². The Hall–Kier alpha value is -1.87. The summed E-state index contributed by atoms with van der Waals surface area (Å²) >= 11 is 4.24. The number of carbonyl (C=O) groups excluding carboxylic acids is 2. The minimum Gasteiger partial charge on any atom is -1.00 e. The molecule has 0 amide bonds. The molecular formula is C24H23I3N4O2. The number of carbonyl (C=O) groups is 2. The first-order valence-corrected chi connectivity index (χ1v) is 15.7. The molecular weight excluding hydrogens is 757 g/mol. The molecule has 0 aliphatic heterocycles. The van der Waals surface area contributed by atoms with E-state index in [9.17, 15) is 9.59 Å². The van der Waals surface area contributed by atoms with Gasteiger partial charge in [-0.2, -0.15) is 4.57 Å². The van der Waals surface area contributed by atoms with Gasteiger partial charge in [-0.25, -0.2) is 0 Å². The number of halogens is 3. The van der Waals surface area contributed by atoms with Gasteiger partial charge in [0.25, 0.3) is 0 Å². The predicted molar refractivity (Wildman–Crippen MR) is 142 cm³/mol. The van der Waals surface area contributed by atoms with Gasteiger partial charge in [0.05, 0.1) is 0 Å². The van der Waals surface area contributed by atoms with E-state index in [1.807, 2.05) is 59.4 Å². The Morgan fingerprint density at radius 1 is 0.727 bits per heavy atom. The molecule has 0 unspecified atom stereocenters. The van der Waals surface area contributed by atoms with Crippen molar-refractivity contribution < 1.29 is 38.1 Å². The molecule has 0 N–H and O–H groups in total. The minimum atomic E-state index is 0. The van der Waals surface area contributed by atoms with Crippen molar-refractivity contribution in [3.05, 3.63) is 121 Å². The Balaban J connectivity index is 0.000000486. The van der Waals surface area contributed by atoms with Crippen LogP contribution in [0.5, 0.6) is 0 Å². The molecule has 0 aliphatic carbocycles. The zero-order valence-electron chi connectivity index (χ0n) is 17.8. The number of hydrogen-bond donors (Lipinski definition) is 0. The topological polar surface area (TPSA) is 76.7 Å². The third kappa shape index (κ3) is 14.8. The van der Waals surface area contributed by atoms with Crippen molar-refractivity contribution >= 4 is 48.8 Å². The van der Waals surface area contributed by atoms with Gasteiger partial charge >= 0.3 is 0 Å². The third-order valence-corrected chi connectivity index (χ3v) is 3.65. The van der Waals surface area contributed by atoms with Crippen LogP contribution in [0.1, 0.15) is 27.9 Å². The second kappa shape index (κ2) is 20.7. The van der Waals surface area contributed by atoms with E-state index in [4.69, 9.17) is 0 Å². The van der Waals surface area contributed by atoms with Crippen LogP contribution in [0.15, 0.2) is 110 Å². The summed E-state index contributed by atoms with van der Waals surface area (Å²) in [6.07, 6.45) is 10.5. The van der Waals surface area contributed by atoms with E-state index in [1.165, 1.54) is 6.92 Å². The molecule has 0 radical (unpaired) electrons. The lowest BCUT2D eigenvalue weighted by Crippen LogP contribution is -3.00. The van der Waals surface area contributed by atoms with Gasteiger partial charge in [-0.15, -0.1) is 0 Å². The van der Waals surface area contributed by atoms with Crippen molar-refractivity contribution in [3.8, 4) is 0 Å². The summed E-state index contributed by atoms with van der Waals surface area (Å²) in [5.74, 6) is 0.0300. The highest BCUT2D eigenvalue weighted by Gasteiger charge is 2.11. The minimum absolute atomic E-state index is 0. The number of Topliss-reactive ketones (excluding diaryl/α,β-unsaturated/α-hetero) is 2. The number of hydrogen-bond acceptors (Lipinski definition) is 5. The lowest BCUT2D eigenvalue weighted by atomic mass is 10.2. The summed E-state index contributed by atoms with van der Waals surface area (Å²) < 4.78 is 1.83. The van der Waals surface area contributed by atoms with E-state index in [0.29, 0.717) is 17.9 Å². The van der Waals surface area contributed by atoms with Crippen molar-refractivity contribution in [1.82, 2.24) is 15.0 Å². The third-order valence-electron chi connectivity index (χ3n) is 3.65. The fraction of sp³-hybridized carbons (Fsp3) is 0.0833.